The number of hydrogen-bond acceptors (Lipinski definition) is 3. The zero-order valence-electron chi connectivity index (χ0n) is 9.34. The Balaban J connectivity index is 2.73. The maximum absolute atomic E-state index is 9.39. The fraction of sp³-hybridized carbons (Fsp3) is 0.500. The summed E-state index contributed by atoms with van der Waals surface area (Å²) in [6.45, 7) is 5.19. The van der Waals surface area contributed by atoms with Gasteiger partial charge in [0.25, 0.3) is 0 Å². The summed E-state index contributed by atoms with van der Waals surface area (Å²) in [5.41, 5.74) is 0.810. The molecule has 1 aromatic rings. The average molecular weight is 210 g/mol. The molecule has 0 aliphatic rings. The van der Waals surface area contributed by atoms with E-state index in [1.165, 1.54) is 0 Å². The molecule has 0 fully saturated rings. The molecule has 0 saturated carbocycles. The summed E-state index contributed by atoms with van der Waals surface area (Å²) in [5, 5.41) is 18.7. The van der Waals surface area contributed by atoms with E-state index in [0.717, 1.165) is 5.56 Å². The predicted molar refractivity (Wildman–Crippen MR) is 58.8 cm³/mol. The molecular weight excluding hydrogens is 192 g/mol. The van der Waals surface area contributed by atoms with Crippen molar-refractivity contribution in [2.24, 2.45) is 0 Å². The Morgan fingerprint density at radius 3 is 2.33 bits per heavy atom. The second-order valence-electron chi connectivity index (χ2n) is 3.81. The van der Waals surface area contributed by atoms with Gasteiger partial charge in [0, 0.05) is 0 Å². The van der Waals surface area contributed by atoms with Crippen LogP contribution in [-0.2, 0) is 0 Å². The van der Waals surface area contributed by atoms with Crippen LogP contribution in [0.3, 0.4) is 0 Å². The van der Waals surface area contributed by atoms with Gasteiger partial charge in [-0.15, -0.1) is 0 Å². The van der Waals surface area contributed by atoms with Gasteiger partial charge in [-0.2, -0.15) is 0 Å². The number of benzene rings is 1. The SMILES string of the molecule is CC(O)c1cccc(OC(C)C(C)O)c1. The summed E-state index contributed by atoms with van der Waals surface area (Å²) in [7, 11) is 0. The van der Waals surface area contributed by atoms with Crippen molar-refractivity contribution in [1.82, 2.24) is 0 Å². The molecule has 3 atom stereocenters. The lowest BCUT2D eigenvalue weighted by Crippen LogP contribution is -2.25. The van der Waals surface area contributed by atoms with E-state index in [4.69, 9.17) is 4.74 Å². The summed E-state index contributed by atoms with van der Waals surface area (Å²) >= 11 is 0. The summed E-state index contributed by atoms with van der Waals surface area (Å²) in [5.74, 6) is 0.668. The van der Waals surface area contributed by atoms with Gasteiger partial charge in [-0.3, -0.25) is 0 Å². The largest absolute Gasteiger partial charge is 0.488 e. The zero-order chi connectivity index (χ0) is 11.4. The molecule has 1 rings (SSSR count). The van der Waals surface area contributed by atoms with Crippen LogP contribution in [0.15, 0.2) is 24.3 Å². The molecule has 15 heavy (non-hydrogen) atoms. The Labute approximate surface area is 90.3 Å². The monoisotopic (exact) mass is 210 g/mol. The van der Waals surface area contributed by atoms with Gasteiger partial charge in [0.1, 0.15) is 11.9 Å². The molecule has 3 unspecified atom stereocenters. The number of aliphatic hydroxyl groups excluding tert-OH is 2. The highest BCUT2D eigenvalue weighted by molar-refractivity contribution is 5.29. The molecule has 0 spiro atoms. The van der Waals surface area contributed by atoms with Crippen molar-refractivity contribution in [3.8, 4) is 5.75 Å². The van der Waals surface area contributed by atoms with Crippen molar-refractivity contribution < 1.29 is 14.9 Å². The van der Waals surface area contributed by atoms with Crippen LogP contribution in [-0.4, -0.2) is 22.4 Å². The smallest absolute Gasteiger partial charge is 0.121 e. The minimum Gasteiger partial charge on any atom is -0.488 e. The molecule has 0 saturated heterocycles. The maximum atomic E-state index is 9.39. The van der Waals surface area contributed by atoms with E-state index in [9.17, 15) is 10.2 Å². The number of hydrogen-bond donors (Lipinski definition) is 2. The lowest BCUT2D eigenvalue weighted by Gasteiger charge is -2.18. The first-order valence-corrected chi connectivity index (χ1v) is 5.13. The van der Waals surface area contributed by atoms with Crippen molar-refractivity contribution >= 4 is 0 Å². The lowest BCUT2D eigenvalue weighted by molar-refractivity contribution is 0.0602. The molecule has 0 aliphatic heterocycles. The van der Waals surface area contributed by atoms with Crippen LogP contribution in [0.25, 0.3) is 0 Å². The first-order valence-electron chi connectivity index (χ1n) is 5.13. The molecule has 0 radical (unpaired) electrons. The topological polar surface area (TPSA) is 49.7 Å². The van der Waals surface area contributed by atoms with Crippen LogP contribution in [0.2, 0.25) is 0 Å². The Kier molecular flexibility index (Phi) is 4.12. The molecule has 3 heteroatoms. The van der Waals surface area contributed by atoms with Gasteiger partial charge < -0.3 is 14.9 Å². The Morgan fingerprint density at radius 1 is 1.13 bits per heavy atom. The van der Waals surface area contributed by atoms with Gasteiger partial charge >= 0.3 is 0 Å². The Bertz CT molecular complexity index is 307. The Morgan fingerprint density at radius 2 is 1.80 bits per heavy atom. The van der Waals surface area contributed by atoms with Crippen molar-refractivity contribution in [3.63, 3.8) is 0 Å². The zero-order valence-corrected chi connectivity index (χ0v) is 9.34. The van der Waals surface area contributed by atoms with E-state index < -0.39 is 12.2 Å². The van der Waals surface area contributed by atoms with E-state index in [2.05, 4.69) is 0 Å². The number of rotatable bonds is 4. The second kappa shape index (κ2) is 5.14. The molecular formula is C12H18O3. The van der Waals surface area contributed by atoms with Crippen molar-refractivity contribution in [3.05, 3.63) is 29.8 Å². The normalized spacial score (nSPS) is 16.9. The van der Waals surface area contributed by atoms with Crippen molar-refractivity contribution in [1.29, 1.82) is 0 Å². The molecule has 0 aliphatic carbocycles. The molecule has 84 valence electrons. The number of ether oxygens (including phenoxy) is 1. The quantitative estimate of drug-likeness (QED) is 0.797. The van der Waals surface area contributed by atoms with Crippen molar-refractivity contribution in [2.45, 2.75) is 39.1 Å². The third-order valence-corrected chi connectivity index (χ3v) is 2.34. The predicted octanol–water partition coefficient (Wildman–Crippen LogP) is 1.89. The van der Waals surface area contributed by atoms with Crippen LogP contribution in [0.5, 0.6) is 5.75 Å². The lowest BCUT2D eigenvalue weighted by atomic mass is 10.1. The van der Waals surface area contributed by atoms with Crippen molar-refractivity contribution in [2.75, 3.05) is 0 Å². The van der Waals surface area contributed by atoms with Crippen LogP contribution >= 0.6 is 0 Å². The molecule has 3 nitrogen and oxygen atoms in total. The van der Waals surface area contributed by atoms with Gasteiger partial charge in [-0.1, -0.05) is 12.1 Å². The fourth-order valence-electron chi connectivity index (χ4n) is 1.16. The highest BCUT2D eigenvalue weighted by Gasteiger charge is 2.10. The van der Waals surface area contributed by atoms with Gasteiger partial charge in [0.05, 0.1) is 12.2 Å². The summed E-state index contributed by atoms with van der Waals surface area (Å²) in [6.07, 6.45) is -1.27. The van der Waals surface area contributed by atoms with Gasteiger partial charge in [0.15, 0.2) is 0 Å². The van der Waals surface area contributed by atoms with Gasteiger partial charge in [-0.25, -0.2) is 0 Å². The molecule has 1 aromatic carbocycles. The van der Waals surface area contributed by atoms with Crippen LogP contribution in [0.1, 0.15) is 32.4 Å². The third-order valence-electron chi connectivity index (χ3n) is 2.34. The minimum atomic E-state index is -0.514. The summed E-state index contributed by atoms with van der Waals surface area (Å²) in [6, 6.07) is 7.25. The van der Waals surface area contributed by atoms with Gasteiger partial charge in [0.2, 0.25) is 0 Å². The van der Waals surface area contributed by atoms with E-state index in [1.54, 1.807) is 26.8 Å². The van der Waals surface area contributed by atoms with Crippen LogP contribution in [0.4, 0.5) is 0 Å². The standard InChI is InChI=1S/C12H18O3/c1-8(13)10(3)15-12-6-4-5-11(7-12)9(2)14/h4-10,13-14H,1-3H3. The van der Waals surface area contributed by atoms with E-state index in [-0.39, 0.29) is 6.10 Å². The second-order valence-corrected chi connectivity index (χ2v) is 3.81. The minimum absolute atomic E-state index is 0.255. The highest BCUT2D eigenvalue weighted by atomic mass is 16.5. The van der Waals surface area contributed by atoms with Crippen LogP contribution in [0, 0.1) is 0 Å². The number of aliphatic hydroxyl groups is 2. The third kappa shape index (κ3) is 3.53. The van der Waals surface area contributed by atoms with E-state index >= 15 is 0 Å². The maximum Gasteiger partial charge on any atom is 0.121 e. The molecule has 0 bridgehead atoms. The first-order chi connectivity index (χ1) is 7.00. The van der Waals surface area contributed by atoms with Gasteiger partial charge in [-0.05, 0) is 38.5 Å². The molecule has 0 aromatic heterocycles. The summed E-state index contributed by atoms with van der Waals surface area (Å²) in [4.78, 5) is 0. The van der Waals surface area contributed by atoms with E-state index in [1.807, 2.05) is 18.2 Å². The fourth-order valence-corrected chi connectivity index (χ4v) is 1.16. The van der Waals surface area contributed by atoms with E-state index in [0.29, 0.717) is 5.75 Å². The summed E-state index contributed by atoms with van der Waals surface area (Å²) < 4.78 is 5.51. The molecule has 0 heterocycles. The average Bonchev–Trinajstić information content (AvgIpc) is 2.18. The molecule has 0 amide bonds. The molecule has 2 N–H and O–H groups in total. The first kappa shape index (κ1) is 12.0. The highest BCUT2D eigenvalue weighted by Crippen LogP contribution is 2.20. The Hall–Kier alpha value is -1.06. The van der Waals surface area contributed by atoms with Crippen LogP contribution < -0.4 is 4.74 Å².